The first-order chi connectivity index (χ1) is 14.5. The molecule has 158 valence electrons. The zero-order chi connectivity index (χ0) is 21.1. The molecule has 1 aromatic carbocycles. The van der Waals surface area contributed by atoms with Gasteiger partial charge in [-0.2, -0.15) is 5.10 Å². The van der Waals surface area contributed by atoms with Crippen molar-refractivity contribution in [3.63, 3.8) is 0 Å². The molecule has 2 N–H and O–H groups in total. The summed E-state index contributed by atoms with van der Waals surface area (Å²) >= 11 is 7.40. The second-order valence-electron chi connectivity index (χ2n) is 7.73. The Morgan fingerprint density at radius 1 is 1.17 bits per heavy atom. The van der Waals surface area contributed by atoms with E-state index in [1.54, 1.807) is 0 Å². The third kappa shape index (κ3) is 4.68. The Balaban J connectivity index is 1.36. The van der Waals surface area contributed by atoms with E-state index in [1.807, 2.05) is 41.9 Å². The van der Waals surface area contributed by atoms with Crippen LogP contribution in [0.1, 0.15) is 46.6 Å². The van der Waals surface area contributed by atoms with Gasteiger partial charge in [-0.3, -0.25) is 14.3 Å². The number of fused-ring (bicyclic) bond motifs is 1. The van der Waals surface area contributed by atoms with Crippen LogP contribution in [0.4, 0.5) is 0 Å². The molecule has 1 saturated carbocycles. The number of carbonyl (C=O) groups is 2. The third-order valence-corrected chi connectivity index (χ3v) is 6.91. The van der Waals surface area contributed by atoms with E-state index < -0.39 is 0 Å². The molecule has 6 nitrogen and oxygen atoms in total. The molecule has 0 spiro atoms. The number of benzene rings is 1. The maximum absolute atomic E-state index is 12.6. The molecule has 0 aliphatic heterocycles. The van der Waals surface area contributed by atoms with Gasteiger partial charge in [0.2, 0.25) is 5.91 Å². The molecule has 0 radical (unpaired) electrons. The summed E-state index contributed by atoms with van der Waals surface area (Å²) < 4.78 is 1.93. The Bertz CT molecular complexity index is 1050. The van der Waals surface area contributed by atoms with Crippen LogP contribution in [-0.2, 0) is 11.3 Å². The van der Waals surface area contributed by atoms with Crippen molar-refractivity contribution >= 4 is 45.0 Å². The maximum atomic E-state index is 12.6. The van der Waals surface area contributed by atoms with E-state index in [9.17, 15) is 9.59 Å². The molecule has 1 aliphatic carbocycles. The van der Waals surface area contributed by atoms with Crippen LogP contribution < -0.4 is 10.6 Å². The Morgan fingerprint density at radius 3 is 2.60 bits per heavy atom. The standard InChI is InChI=1S/C22H25ClN4O2S/c1-14-18-12-19(21(29)25-11-10-24-20(28)16-4-2-3-5-16)30-22(18)27(26-14)13-15-6-8-17(23)9-7-15/h6-9,12,16H,2-5,10-11,13H2,1H3,(H,24,28)(H,25,29). The fourth-order valence-corrected chi connectivity index (χ4v) is 5.08. The number of nitrogens with one attached hydrogen (secondary N) is 2. The van der Waals surface area contributed by atoms with E-state index in [4.69, 9.17) is 11.6 Å². The number of halogens is 1. The highest BCUT2D eigenvalue weighted by Gasteiger charge is 2.22. The number of carbonyl (C=O) groups excluding carboxylic acids is 2. The average Bonchev–Trinajstić information content (AvgIpc) is 3.46. The van der Waals surface area contributed by atoms with Crippen LogP contribution in [-0.4, -0.2) is 34.7 Å². The summed E-state index contributed by atoms with van der Waals surface area (Å²) in [6.07, 6.45) is 4.23. The molecule has 1 fully saturated rings. The monoisotopic (exact) mass is 444 g/mol. The number of nitrogens with zero attached hydrogens (tertiary/aromatic N) is 2. The number of hydrogen-bond acceptors (Lipinski definition) is 4. The van der Waals surface area contributed by atoms with E-state index >= 15 is 0 Å². The van der Waals surface area contributed by atoms with Gasteiger partial charge in [0, 0.05) is 29.4 Å². The van der Waals surface area contributed by atoms with Crippen LogP contribution in [0.2, 0.25) is 5.02 Å². The molecule has 2 heterocycles. The van der Waals surface area contributed by atoms with Crippen molar-refractivity contribution in [2.45, 2.75) is 39.2 Å². The van der Waals surface area contributed by atoms with E-state index in [0.29, 0.717) is 29.5 Å². The minimum Gasteiger partial charge on any atom is -0.354 e. The number of amides is 2. The number of aryl methyl sites for hydroxylation is 1. The van der Waals surface area contributed by atoms with E-state index in [-0.39, 0.29) is 17.7 Å². The lowest BCUT2D eigenvalue weighted by Crippen LogP contribution is -2.36. The molecule has 0 unspecified atom stereocenters. The molecule has 2 amide bonds. The van der Waals surface area contributed by atoms with Crippen LogP contribution in [0, 0.1) is 12.8 Å². The quantitative estimate of drug-likeness (QED) is 0.537. The number of hydrogen-bond donors (Lipinski definition) is 2. The fraction of sp³-hybridized carbons (Fsp3) is 0.409. The zero-order valence-electron chi connectivity index (χ0n) is 16.9. The molecular weight excluding hydrogens is 420 g/mol. The van der Waals surface area contributed by atoms with Gasteiger partial charge in [-0.05, 0) is 43.5 Å². The molecule has 4 rings (SSSR count). The van der Waals surface area contributed by atoms with Crippen molar-refractivity contribution < 1.29 is 9.59 Å². The highest BCUT2D eigenvalue weighted by molar-refractivity contribution is 7.20. The van der Waals surface area contributed by atoms with Gasteiger partial charge in [0.05, 0.1) is 17.1 Å². The zero-order valence-corrected chi connectivity index (χ0v) is 18.5. The topological polar surface area (TPSA) is 76.0 Å². The van der Waals surface area contributed by atoms with Crippen LogP contribution in [0.3, 0.4) is 0 Å². The second kappa shape index (κ2) is 9.18. The highest BCUT2D eigenvalue weighted by Crippen LogP contribution is 2.29. The minimum atomic E-state index is -0.122. The number of thiophene rings is 1. The molecule has 8 heteroatoms. The lowest BCUT2D eigenvalue weighted by atomic mass is 10.1. The first-order valence-electron chi connectivity index (χ1n) is 10.3. The van der Waals surface area contributed by atoms with Crippen molar-refractivity contribution in [3.05, 3.63) is 51.5 Å². The van der Waals surface area contributed by atoms with Crippen molar-refractivity contribution in [3.8, 4) is 0 Å². The van der Waals surface area contributed by atoms with E-state index in [0.717, 1.165) is 47.2 Å². The molecule has 2 aromatic heterocycles. The van der Waals surface area contributed by atoms with E-state index in [1.165, 1.54) is 11.3 Å². The summed E-state index contributed by atoms with van der Waals surface area (Å²) in [5.41, 5.74) is 2.00. The lowest BCUT2D eigenvalue weighted by molar-refractivity contribution is -0.124. The van der Waals surface area contributed by atoms with Gasteiger partial charge >= 0.3 is 0 Å². The Labute approximate surface area is 184 Å². The fourth-order valence-electron chi connectivity index (χ4n) is 3.88. The minimum absolute atomic E-state index is 0.113. The average molecular weight is 445 g/mol. The predicted molar refractivity (Wildman–Crippen MR) is 120 cm³/mol. The molecule has 0 atom stereocenters. The second-order valence-corrected chi connectivity index (χ2v) is 9.19. The molecular formula is C22H25ClN4O2S. The van der Waals surface area contributed by atoms with Gasteiger partial charge in [0.15, 0.2) is 0 Å². The largest absolute Gasteiger partial charge is 0.354 e. The van der Waals surface area contributed by atoms with Crippen LogP contribution in [0.25, 0.3) is 10.2 Å². The van der Waals surface area contributed by atoms with Gasteiger partial charge in [0.25, 0.3) is 5.91 Å². The maximum Gasteiger partial charge on any atom is 0.261 e. The van der Waals surface area contributed by atoms with Gasteiger partial charge < -0.3 is 10.6 Å². The van der Waals surface area contributed by atoms with Crippen molar-refractivity contribution in [2.75, 3.05) is 13.1 Å². The summed E-state index contributed by atoms with van der Waals surface area (Å²) in [6, 6.07) is 9.58. The summed E-state index contributed by atoms with van der Waals surface area (Å²) in [5, 5.41) is 12.1. The summed E-state index contributed by atoms with van der Waals surface area (Å²) in [6.45, 7) is 3.45. The molecule has 0 saturated heterocycles. The van der Waals surface area contributed by atoms with E-state index in [2.05, 4.69) is 15.7 Å². The summed E-state index contributed by atoms with van der Waals surface area (Å²) in [7, 11) is 0. The number of aromatic nitrogens is 2. The predicted octanol–water partition coefficient (Wildman–Crippen LogP) is 4.14. The first kappa shape index (κ1) is 20.9. The molecule has 1 aliphatic rings. The SMILES string of the molecule is Cc1nn(Cc2ccc(Cl)cc2)c2sc(C(=O)NCCNC(=O)C3CCCC3)cc12. The smallest absolute Gasteiger partial charge is 0.261 e. The van der Waals surface area contributed by atoms with Gasteiger partial charge in [-0.25, -0.2) is 0 Å². The van der Waals surface area contributed by atoms with Crippen molar-refractivity contribution in [1.82, 2.24) is 20.4 Å². The van der Waals surface area contributed by atoms with Crippen LogP contribution in [0.15, 0.2) is 30.3 Å². The molecule has 30 heavy (non-hydrogen) atoms. The van der Waals surface area contributed by atoms with Crippen LogP contribution >= 0.6 is 22.9 Å². The highest BCUT2D eigenvalue weighted by atomic mass is 35.5. The summed E-state index contributed by atoms with van der Waals surface area (Å²) in [4.78, 5) is 26.2. The Hall–Kier alpha value is -2.38. The Kier molecular flexibility index (Phi) is 6.39. The van der Waals surface area contributed by atoms with Gasteiger partial charge in [0.1, 0.15) is 4.83 Å². The molecule has 0 bridgehead atoms. The third-order valence-electron chi connectivity index (χ3n) is 5.51. The molecule has 3 aromatic rings. The number of rotatable bonds is 7. The first-order valence-corrected chi connectivity index (χ1v) is 11.5. The summed E-state index contributed by atoms with van der Waals surface area (Å²) in [5.74, 6) is 0.139. The normalized spacial score (nSPS) is 14.3. The van der Waals surface area contributed by atoms with Gasteiger partial charge in [-0.1, -0.05) is 36.6 Å². The van der Waals surface area contributed by atoms with Crippen molar-refractivity contribution in [2.24, 2.45) is 5.92 Å². The Morgan fingerprint density at radius 2 is 1.87 bits per heavy atom. The van der Waals surface area contributed by atoms with Crippen LogP contribution in [0.5, 0.6) is 0 Å². The lowest BCUT2D eigenvalue weighted by Gasteiger charge is -2.10. The van der Waals surface area contributed by atoms with Gasteiger partial charge in [-0.15, -0.1) is 11.3 Å². The van der Waals surface area contributed by atoms with Crippen molar-refractivity contribution in [1.29, 1.82) is 0 Å².